The molecule has 0 bridgehead atoms. The second kappa shape index (κ2) is 8.21. The standard InChI is InChI=1S/C13H16N2O4S/c1-19-12(17)7-14-13(18)9-3-5-10(6-4-9)15-11(16)8-20-2/h3-6H,7-8H2,1-2H3,(H,14,18)(H,15,16). The Kier molecular flexibility index (Phi) is 6.58. The number of nitrogens with one attached hydrogen (secondary N) is 2. The van der Waals surface area contributed by atoms with Gasteiger partial charge in [0.05, 0.1) is 12.9 Å². The van der Waals surface area contributed by atoms with E-state index in [0.29, 0.717) is 17.0 Å². The molecule has 0 radical (unpaired) electrons. The van der Waals surface area contributed by atoms with Crippen molar-refractivity contribution in [3.8, 4) is 0 Å². The number of carbonyl (C=O) groups is 3. The molecule has 108 valence electrons. The molecular weight excluding hydrogens is 280 g/mol. The average molecular weight is 296 g/mol. The van der Waals surface area contributed by atoms with E-state index in [1.807, 2.05) is 6.26 Å². The minimum atomic E-state index is -0.515. The van der Waals surface area contributed by atoms with E-state index in [-0.39, 0.29) is 18.4 Å². The van der Waals surface area contributed by atoms with Crippen molar-refractivity contribution >= 4 is 35.2 Å². The number of esters is 1. The normalized spacial score (nSPS) is 9.70. The van der Waals surface area contributed by atoms with E-state index in [4.69, 9.17) is 0 Å². The molecule has 20 heavy (non-hydrogen) atoms. The van der Waals surface area contributed by atoms with Crippen LogP contribution >= 0.6 is 11.8 Å². The quantitative estimate of drug-likeness (QED) is 0.762. The van der Waals surface area contributed by atoms with E-state index in [2.05, 4.69) is 15.4 Å². The zero-order valence-corrected chi connectivity index (χ0v) is 12.1. The number of anilines is 1. The number of methoxy groups -OCH3 is 1. The summed E-state index contributed by atoms with van der Waals surface area (Å²) in [6, 6.07) is 6.40. The molecule has 1 aromatic rings. The molecule has 0 heterocycles. The van der Waals surface area contributed by atoms with Gasteiger partial charge in [0.25, 0.3) is 5.91 Å². The monoisotopic (exact) mass is 296 g/mol. The topological polar surface area (TPSA) is 84.5 Å². The Balaban J connectivity index is 2.55. The number of carbonyl (C=O) groups excluding carboxylic acids is 3. The number of thioether (sulfide) groups is 1. The van der Waals surface area contributed by atoms with Gasteiger partial charge in [0.15, 0.2) is 0 Å². The highest BCUT2D eigenvalue weighted by Gasteiger charge is 2.08. The molecule has 0 aliphatic rings. The van der Waals surface area contributed by atoms with Gasteiger partial charge in [-0.05, 0) is 30.5 Å². The van der Waals surface area contributed by atoms with E-state index in [9.17, 15) is 14.4 Å². The van der Waals surface area contributed by atoms with E-state index >= 15 is 0 Å². The first kappa shape index (κ1) is 16.0. The maximum absolute atomic E-state index is 11.7. The van der Waals surface area contributed by atoms with E-state index in [1.165, 1.54) is 18.9 Å². The van der Waals surface area contributed by atoms with Crippen molar-refractivity contribution in [3.63, 3.8) is 0 Å². The molecule has 6 nitrogen and oxygen atoms in total. The van der Waals surface area contributed by atoms with Crippen LogP contribution in [0.4, 0.5) is 5.69 Å². The van der Waals surface area contributed by atoms with Crippen LogP contribution in [-0.4, -0.2) is 43.4 Å². The largest absolute Gasteiger partial charge is 0.468 e. The minimum absolute atomic E-state index is 0.0969. The maximum Gasteiger partial charge on any atom is 0.325 e. The van der Waals surface area contributed by atoms with Gasteiger partial charge in [-0.3, -0.25) is 14.4 Å². The molecule has 0 aliphatic carbocycles. The van der Waals surface area contributed by atoms with Gasteiger partial charge >= 0.3 is 5.97 Å². The van der Waals surface area contributed by atoms with Gasteiger partial charge in [0.2, 0.25) is 5.91 Å². The summed E-state index contributed by atoms with van der Waals surface area (Å²) in [5.74, 6) is -0.612. The Labute approximate surface area is 121 Å². The van der Waals surface area contributed by atoms with Crippen LogP contribution in [-0.2, 0) is 14.3 Å². The molecule has 0 fully saturated rings. The van der Waals surface area contributed by atoms with Crippen molar-refractivity contribution in [2.24, 2.45) is 0 Å². The zero-order valence-electron chi connectivity index (χ0n) is 11.3. The van der Waals surface area contributed by atoms with Crippen LogP contribution in [0.25, 0.3) is 0 Å². The van der Waals surface area contributed by atoms with Gasteiger partial charge in [-0.1, -0.05) is 0 Å². The fourth-order valence-corrected chi connectivity index (χ4v) is 1.69. The van der Waals surface area contributed by atoms with Crippen LogP contribution in [0.15, 0.2) is 24.3 Å². The summed E-state index contributed by atoms with van der Waals surface area (Å²) in [5, 5.41) is 5.13. The number of hydrogen-bond acceptors (Lipinski definition) is 5. The molecule has 0 atom stereocenters. The molecule has 0 saturated heterocycles. The third-order valence-corrected chi connectivity index (χ3v) is 2.88. The minimum Gasteiger partial charge on any atom is -0.468 e. The van der Waals surface area contributed by atoms with E-state index in [1.54, 1.807) is 24.3 Å². The second-order valence-corrected chi connectivity index (χ2v) is 4.68. The first-order valence-corrected chi connectivity index (χ1v) is 7.20. The molecule has 2 N–H and O–H groups in total. The summed E-state index contributed by atoms with van der Waals surface area (Å²) in [6.45, 7) is -0.179. The van der Waals surface area contributed by atoms with Gasteiger partial charge in [-0.25, -0.2) is 0 Å². The third-order valence-electron chi connectivity index (χ3n) is 2.33. The fraction of sp³-hybridized carbons (Fsp3) is 0.308. The lowest BCUT2D eigenvalue weighted by Gasteiger charge is -2.06. The van der Waals surface area contributed by atoms with Crippen molar-refractivity contribution < 1.29 is 19.1 Å². The number of ether oxygens (including phenoxy) is 1. The van der Waals surface area contributed by atoms with Crippen LogP contribution in [0, 0.1) is 0 Å². The summed E-state index contributed by atoms with van der Waals surface area (Å²) in [7, 11) is 1.25. The molecule has 7 heteroatoms. The molecular formula is C13H16N2O4S. The molecule has 0 saturated carbocycles. The summed E-state index contributed by atoms with van der Waals surface area (Å²) >= 11 is 1.43. The molecule has 0 spiro atoms. The molecule has 0 unspecified atom stereocenters. The second-order valence-electron chi connectivity index (χ2n) is 3.82. The number of benzene rings is 1. The molecule has 1 rings (SSSR count). The summed E-state index contributed by atoms with van der Waals surface area (Å²) < 4.78 is 4.42. The highest BCUT2D eigenvalue weighted by molar-refractivity contribution is 7.99. The number of rotatable bonds is 6. The summed E-state index contributed by atoms with van der Waals surface area (Å²) in [6.07, 6.45) is 1.84. The summed E-state index contributed by atoms with van der Waals surface area (Å²) in [5.41, 5.74) is 1.02. The predicted octanol–water partition coefficient (Wildman–Crippen LogP) is 0.891. The zero-order chi connectivity index (χ0) is 15.0. The smallest absolute Gasteiger partial charge is 0.325 e. The predicted molar refractivity (Wildman–Crippen MR) is 77.8 cm³/mol. The number of amides is 2. The van der Waals surface area contributed by atoms with Crippen molar-refractivity contribution in [1.29, 1.82) is 0 Å². The lowest BCUT2D eigenvalue weighted by Crippen LogP contribution is -2.30. The third kappa shape index (κ3) is 5.31. The average Bonchev–Trinajstić information content (AvgIpc) is 2.45. The molecule has 0 aromatic heterocycles. The van der Waals surface area contributed by atoms with E-state index < -0.39 is 5.97 Å². The molecule has 1 aromatic carbocycles. The van der Waals surface area contributed by atoms with Crippen molar-refractivity contribution in [2.75, 3.05) is 31.0 Å². The van der Waals surface area contributed by atoms with Crippen molar-refractivity contribution in [2.45, 2.75) is 0 Å². The fourth-order valence-electron chi connectivity index (χ4n) is 1.36. The Bertz CT molecular complexity index is 488. The Hall–Kier alpha value is -2.02. The van der Waals surface area contributed by atoms with Crippen molar-refractivity contribution in [3.05, 3.63) is 29.8 Å². The molecule has 2 amide bonds. The van der Waals surface area contributed by atoms with E-state index in [0.717, 1.165) is 0 Å². The Morgan fingerprint density at radius 2 is 1.85 bits per heavy atom. The van der Waals surface area contributed by atoms with Gasteiger partial charge in [0, 0.05) is 11.3 Å². The maximum atomic E-state index is 11.7. The number of hydrogen-bond donors (Lipinski definition) is 2. The summed E-state index contributed by atoms with van der Waals surface area (Å²) in [4.78, 5) is 34.0. The SMILES string of the molecule is COC(=O)CNC(=O)c1ccc(NC(=O)CSC)cc1. The highest BCUT2D eigenvalue weighted by atomic mass is 32.2. The first-order valence-electron chi connectivity index (χ1n) is 5.80. The molecule has 0 aliphatic heterocycles. The van der Waals surface area contributed by atoms with Crippen LogP contribution in [0.3, 0.4) is 0 Å². The Morgan fingerprint density at radius 1 is 1.20 bits per heavy atom. The van der Waals surface area contributed by atoms with Crippen molar-refractivity contribution in [1.82, 2.24) is 5.32 Å². The van der Waals surface area contributed by atoms with Gasteiger partial charge in [-0.2, -0.15) is 11.8 Å². The Morgan fingerprint density at radius 3 is 2.40 bits per heavy atom. The van der Waals surface area contributed by atoms with Gasteiger partial charge in [-0.15, -0.1) is 0 Å². The van der Waals surface area contributed by atoms with Crippen LogP contribution < -0.4 is 10.6 Å². The lowest BCUT2D eigenvalue weighted by molar-refractivity contribution is -0.139. The highest BCUT2D eigenvalue weighted by Crippen LogP contribution is 2.10. The van der Waals surface area contributed by atoms with Gasteiger partial charge < -0.3 is 15.4 Å². The first-order chi connectivity index (χ1) is 9.56. The lowest BCUT2D eigenvalue weighted by atomic mass is 10.2. The van der Waals surface area contributed by atoms with Crippen LogP contribution in [0.2, 0.25) is 0 Å². The van der Waals surface area contributed by atoms with Crippen LogP contribution in [0.5, 0.6) is 0 Å². The van der Waals surface area contributed by atoms with Gasteiger partial charge in [0.1, 0.15) is 6.54 Å². The van der Waals surface area contributed by atoms with Crippen LogP contribution in [0.1, 0.15) is 10.4 Å².